The normalized spacial score (nSPS) is 10.6. The van der Waals surface area contributed by atoms with E-state index in [1.54, 1.807) is 12.3 Å². The Hall–Kier alpha value is -2.03. The van der Waals surface area contributed by atoms with Crippen LogP contribution >= 0.6 is 34.7 Å². The monoisotopic (exact) mass is 394 g/mol. The van der Waals surface area contributed by atoms with Crippen molar-refractivity contribution in [1.82, 2.24) is 15.5 Å². The summed E-state index contributed by atoms with van der Waals surface area (Å²) < 4.78 is 5.98. The maximum absolute atomic E-state index is 11.9. The Morgan fingerprint density at radius 3 is 2.96 bits per heavy atom. The van der Waals surface area contributed by atoms with E-state index < -0.39 is 0 Å². The van der Waals surface area contributed by atoms with E-state index in [-0.39, 0.29) is 11.7 Å². The Balaban J connectivity index is 1.40. The van der Waals surface area contributed by atoms with Gasteiger partial charge in [-0.15, -0.1) is 10.2 Å². The van der Waals surface area contributed by atoms with Gasteiger partial charge in [0, 0.05) is 11.6 Å². The minimum atomic E-state index is -0.0646. The second-order valence-electron chi connectivity index (χ2n) is 5.00. The Kier molecular flexibility index (Phi) is 6.32. The molecular weight excluding hydrogens is 380 g/mol. The molecule has 0 spiro atoms. The molecular formula is C16H15ClN4O2S2. The molecule has 0 saturated heterocycles. The summed E-state index contributed by atoms with van der Waals surface area (Å²) in [5.41, 5.74) is 0.964. The number of thioether (sulfide) groups is 1. The van der Waals surface area contributed by atoms with Gasteiger partial charge in [0.15, 0.2) is 4.34 Å². The van der Waals surface area contributed by atoms with Gasteiger partial charge in [-0.2, -0.15) is 0 Å². The van der Waals surface area contributed by atoms with Gasteiger partial charge in [0.1, 0.15) is 5.76 Å². The fourth-order valence-electron chi connectivity index (χ4n) is 1.94. The molecule has 3 rings (SSSR count). The van der Waals surface area contributed by atoms with Gasteiger partial charge in [-0.3, -0.25) is 4.79 Å². The molecule has 130 valence electrons. The zero-order chi connectivity index (χ0) is 17.5. The first-order valence-corrected chi connectivity index (χ1v) is 9.61. The Morgan fingerprint density at radius 1 is 1.24 bits per heavy atom. The van der Waals surface area contributed by atoms with E-state index >= 15 is 0 Å². The number of halogens is 1. The van der Waals surface area contributed by atoms with Gasteiger partial charge < -0.3 is 15.1 Å². The van der Waals surface area contributed by atoms with Gasteiger partial charge in [0.25, 0.3) is 0 Å². The lowest BCUT2D eigenvalue weighted by Gasteiger charge is -2.04. The van der Waals surface area contributed by atoms with Crippen LogP contribution in [0.4, 0.5) is 5.13 Å². The lowest BCUT2D eigenvalue weighted by molar-refractivity contribution is -0.118. The highest BCUT2D eigenvalue weighted by Gasteiger charge is 2.08. The zero-order valence-corrected chi connectivity index (χ0v) is 15.5. The summed E-state index contributed by atoms with van der Waals surface area (Å²) in [7, 11) is 0. The smallest absolute Gasteiger partial charge is 0.230 e. The van der Waals surface area contributed by atoms with E-state index in [9.17, 15) is 4.79 Å². The number of benzene rings is 1. The molecule has 3 aromatic rings. The van der Waals surface area contributed by atoms with Crippen LogP contribution in [-0.4, -0.2) is 21.9 Å². The molecule has 0 atom stereocenters. The van der Waals surface area contributed by atoms with Crippen LogP contribution in [0.3, 0.4) is 0 Å². The van der Waals surface area contributed by atoms with Crippen molar-refractivity contribution in [1.29, 1.82) is 0 Å². The van der Waals surface area contributed by atoms with Crippen LogP contribution in [0.25, 0.3) is 0 Å². The first-order chi connectivity index (χ1) is 12.2. The molecule has 0 bridgehead atoms. The molecule has 0 aliphatic carbocycles. The molecule has 1 aromatic carbocycles. The van der Waals surface area contributed by atoms with Crippen LogP contribution in [0.2, 0.25) is 5.02 Å². The third kappa shape index (κ3) is 5.77. The number of rotatable bonds is 8. The standard InChI is InChI=1S/C16H15ClN4O2S2/c17-12-4-1-3-11(7-12)8-18-14(22)10-24-16-21-20-15(25-16)19-9-13-5-2-6-23-13/h1-7H,8-10H2,(H,18,22)(H,19,20). The number of hydrogen-bond acceptors (Lipinski definition) is 7. The first-order valence-electron chi connectivity index (χ1n) is 7.43. The third-order valence-electron chi connectivity index (χ3n) is 3.11. The lowest BCUT2D eigenvalue weighted by Crippen LogP contribution is -2.24. The number of nitrogens with one attached hydrogen (secondary N) is 2. The van der Waals surface area contributed by atoms with Crippen molar-refractivity contribution in [3.8, 4) is 0 Å². The second-order valence-corrected chi connectivity index (χ2v) is 7.64. The van der Waals surface area contributed by atoms with Crippen LogP contribution in [0.15, 0.2) is 51.4 Å². The SMILES string of the molecule is O=C(CSc1nnc(NCc2ccco2)s1)NCc1cccc(Cl)c1. The van der Waals surface area contributed by atoms with Gasteiger partial charge in [-0.25, -0.2) is 0 Å². The number of nitrogens with zero attached hydrogens (tertiary/aromatic N) is 2. The number of anilines is 1. The number of hydrogen-bond donors (Lipinski definition) is 2. The first kappa shape index (κ1) is 17.8. The number of carbonyl (C=O) groups is 1. The Labute approximate surface area is 158 Å². The van der Waals surface area contributed by atoms with E-state index in [1.807, 2.05) is 30.3 Å². The van der Waals surface area contributed by atoms with Crippen molar-refractivity contribution in [3.05, 3.63) is 59.0 Å². The Morgan fingerprint density at radius 2 is 2.16 bits per heavy atom. The van der Waals surface area contributed by atoms with Crippen molar-refractivity contribution in [2.24, 2.45) is 0 Å². The molecule has 25 heavy (non-hydrogen) atoms. The van der Waals surface area contributed by atoms with E-state index in [0.717, 1.165) is 15.7 Å². The Bertz CT molecular complexity index is 823. The maximum atomic E-state index is 11.9. The highest BCUT2D eigenvalue weighted by Crippen LogP contribution is 2.25. The highest BCUT2D eigenvalue weighted by atomic mass is 35.5. The summed E-state index contributed by atoms with van der Waals surface area (Å²) >= 11 is 8.68. The van der Waals surface area contributed by atoms with Crippen LogP contribution in [0.1, 0.15) is 11.3 Å². The highest BCUT2D eigenvalue weighted by molar-refractivity contribution is 8.01. The second kappa shape index (κ2) is 8.89. The summed E-state index contributed by atoms with van der Waals surface area (Å²) in [6.07, 6.45) is 1.63. The van der Waals surface area contributed by atoms with Gasteiger partial charge >= 0.3 is 0 Å². The maximum Gasteiger partial charge on any atom is 0.230 e. The van der Waals surface area contributed by atoms with Crippen molar-refractivity contribution in [2.45, 2.75) is 17.4 Å². The van der Waals surface area contributed by atoms with Crippen molar-refractivity contribution < 1.29 is 9.21 Å². The van der Waals surface area contributed by atoms with E-state index in [4.69, 9.17) is 16.0 Å². The summed E-state index contributed by atoms with van der Waals surface area (Å²) in [6.45, 7) is 0.998. The molecule has 0 fully saturated rings. The van der Waals surface area contributed by atoms with Gasteiger partial charge in [0.2, 0.25) is 11.0 Å². The molecule has 6 nitrogen and oxygen atoms in total. The van der Waals surface area contributed by atoms with Crippen LogP contribution in [0.5, 0.6) is 0 Å². The number of amides is 1. The molecule has 0 saturated carbocycles. The molecule has 2 heterocycles. The van der Waals surface area contributed by atoms with Crippen molar-refractivity contribution >= 4 is 45.7 Å². The minimum Gasteiger partial charge on any atom is -0.467 e. The van der Waals surface area contributed by atoms with Crippen LogP contribution in [0, 0.1) is 0 Å². The fraction of sp³-hybridized carbons (Fsp3) is 0.188. The van der Waals surface area contributed by atoms with E-state index in [2.05, 4.69) is 20.8 Å². The zero-order valence-electron chi connectivity index (χ0n) is 13.1. The largest absolute Gasteiger partial charge is 0.467 e. The van der Waals surface area contributed by atoms with Crippen LogP contribution in [-0.2, 0) is 17.9 Å². The minimum absolute atomic E-state index is 0.0646. The van der Waals surface area contributed by atoms with Gasteiger partial charge in [-0.05, 0) is 29.8 Å². The number of aromatic nitrogens is 2. The lowest BCUT2D eigenvalue weighted by atomic mass is 10.2. The summed E-state index contributed by atoms with van der Waals surface area (Å²) in [4.78, 5) is 11.9. The molecule has 2 N–H and O–H groups in total. The molecule has 2 aromatic heterocycles. The van der Waals surface area contributed by atoms with E-state index in [0.29, 0.717) is 23.2 Å². The van der Waals surface area contributed by atoms with Gasteiger partial charge in [0.05, 0.1) is 18.6 Å². The quantitative estimate of drug-likeness (QED) is 0.565. The molecule has 0 aliphatic rings. The van der Waals surface area contributed by atoms with Crippen LogP contribution < -0.4 is 10.6 Å². The summed E-state index contributed by atoms with van der Waals surface area (Å²) in [6, 6.07) is 11.1. The molecule has 0 radical (unpaired) electrons. The molecule has 0 aliphatic heterocycles. The average molecular weight is 395 g/mol. The molecule has 9 heteroatoms. The van der Waals surface area contributed by atoms with Gasteiger partial charge in [-0.1, -0.05) is 46.8 Å². The molecule has 1 amide bonds. The molecule has 0 unspecified atom stereocenters. The predicted molar refractivity (Wildman–Crippen MR) is 100.0 cm³/mol. The summed E-state index contributed by atoms with van der Waals surface area (Å²) in [5, 5.41) is 15.4. The van der Waals surface area contributed by atoms with Crippen molar-refractivity contribution in [3.63, 3.8) is 0 Å². The summed E-state index contributed by atoms with van der Waals surface area (Å²) in [5.74, 6) is 1.04. The van der Waals surface area contributed by atoms with E-state index in [1.165, 1.54) is 23.1 Å². The third-order valence-corrected chi connectivity index (χ3v) is 5.36. The van der Waals surface area contributed by atoms with Crippen molar-refractivity contribution in [2.75, 3.05) is 11.1 Å². The number of carbonyl (C=O) groups excluding carboxylic acids is 1. The number of furan rings is 1. The average Bonchev–Trinajstić information content (AvgIpc) is 3.28. The predicted octanol–water partition coefficient (Wildman–Crippen LogP) is 3.81. The fourth-order valence-corrected chi connectivity index (χ4v) is 3.73. The topological polar surface area (TPSA) is 80.1 Å².